The van der Waals surface area contributed by atoms with E-state index in [9.17, 15) is 4.79 Å². The molecule has 1 atom stereocenters. The Morgan fingerprint density at radius 2 is 2.47 bits per heavy atom. The molecule has 0 aliphatic carbocycles. The number of carbonyl (C=O) groups is 1. The second-order valence-electron chi connectivity index (χ2n) is 3.26. The predicted octanol–water partition coefficient (Wildman–Crippen LogP) is 0.425. The molecular formula is C10H13NO4. The molecule has 1 aromatic rings. The topological polar surface area (TPSA) is 60.7 Å². The van der Waals surface area contributed by atoms with E-state index in [0.29, 0.717) is 32.1 Å². The van der Waals surface area contributed by atoms with Crippen molar-refractivity contribution >= 4 is 5.91 Å². The van der Waals surface area contributed by atoms with Crippen LogP contribution in [0.5, 0.6) is 0 Å². The maximum absolute atomic E-state index is 11.4. The minimum absolute atomic E-state index is 0.0577. The van der Waals surface area contributed by atoms with Crippen molar-refractivity contribution in [1.29, 1.82) is 0 Å². The first-order valence-electron chi connectivity index (χ1n) is 4.87. The second-order valence-corrected chi connectivity index (χ2v) is 3.26. The van der Waals surface area contributed by atoms with E-state index in [4.69, 9.17) is 13.9 Å². The van der Waals surface area contributed by atoms with Crippen molar-refractivity contribution in [2.24, 2.45) is 0 Å². The lowest BCUT2D eigenvalue weighted by Gasteiger charge is -2.22. The maximum Gasteiger partial charge on any atom is 0.287 e. The highest BCUT2D eigenvalue weighted by Crippen LogP contribution is 2.01. The van der Waals surface area contributed by atoms with Crippen molar-refractivity contribution < 1.29 is 18.7 Å². The molecule has 15 heavy (non-hydrogen) atoms. The Morgan fingerprint density at radius 3 is 3.13 bits per heavy atom. The molecule has 1 N–H and O–H groups in total. The smallest absolute Gasteiger partial charge is 0.287 e. The normalized spacial score (nSPS) is 21.2. The van der Waals surface area contributed by atoms with E-state index in [0.717, 1.165) is 0 Å². The van der Waals surface area contributed by atoms with Gasteiger partial charge in [0.15, 0.2) is 5.76 Å². The minimum Gasteiger partial charge on any atom is -0.459 e. The van der Waals surface area contributed by atoms with Crippen LogP contribution in [0.4, 0.5) is 0 Å². The van der Waals surface area contributed by atoms with Crippen LogP contribution in [0, 0.1) is 0 Å². The summed E-state index contributed by atoms with van der Waals surface area (Å²) >= 11 is 0. The van der Waals surface area contributed by atoms with E-state index in [2.05, 4.69) is 5.32 Å². The molecule has 0 bridgehead atoms. The lowest BCUT2D eigenvalue weighted by molar-refractivity contribution is -0.0856. The van der Waals surface area contributed by atoms with Gasteiger partial charge in [0, 0.05) is 6.54 Å². The molecule has 5 nitrogen and oxygen atoms in total. The first-order chi connectivity index (χ1) is 7.36. The van der Waals surface area contributed by atoms with Crippen molar-refractivity contribution in [3.63, 3.8) is 0 Å². The third-order valence-electron chi connectivity index (χ3n) is 2.12. The average molecular weight is 211 g/mol. The van der Waals surface area contributed by atoms with E-state index >= 15 is 0 Å². The van der Waals surface area contributed by atoms with Crippen molar-refractivity contribution in [3.05, 3.63) is 24.2 Å². The predicted molar refractivity (Wildman–Crippen MR) is 51.6 cm³/mol. The Hall–Kier alpha value is -1.33. The Morgan fingerprint density at radius 1 is 1.53 bits per heavy atom. The van der Waals surface area contributed by atoms with Crippen LogP contribution in [0.25, 0.3) is 0 Å². The number of furan rings is 1. The average Bonchev–Trinajstić information content (AvgIpc) is 2.81. The number of ether oxygens (including phenoxy) is 2. The van der Waals surface area contributed by atoms with Gasteiger partial charge in [0.25, 0.3) is 5.91 Å². The van der Waals surface area contributed by atoms with E-state index in [1.165, 1.54) is 6.26 Å². The van der Waals surface area contributed by atoms with Crippen LogP contribution >= 0.6 is 0 Å². The number of nitrogens with one attached hydrogen (secondary N) is 1. The summed E-state index contributed by atoms with van der Waals surface area (Å²) in [5.41, 5.74) is 0. The molecule has 5 heteroatoms. The molecule has 0 radical (unpaired) electrons. The summed E-state index contributed by atoms with van der Waals surface area (Å²) in [4.78, 5) is 11.4. The Labute approximate surface area is 87.3 Å². The SMILES string of the molecule is O=C(NCC1COCCO1)c1ccco1. The fourth-order valence-electron chi connectivity index (χ4n) is 1.36. The second kappa shape index (κ2) is 4.95. The van der Waals surface area contributed by atoms with Gasteiger partial charge in [-0.1, -0.05) is 0 Å². The Kier molecular flexibility index (Phi) is 3.37. The molecule has 0 saturated carbocycles. The summed E-state index contributed by atoms with van der Waals surface area (Å²) in [6, 6.07) is 3.29. The van der Waals surface area contributed by atoms with Gasteiger partial charge in [-0.2, -0.15) is 0 Å². The third-order valence-corrected chi connectivity index (χ3v) is 2.12. The monoisotopic (exact) mass is 211 g/mol. The fraction of sp³-hybridized carbons (Fsp3) is 0.500. The Balaban J connectivity index is 1.75. The van der Waals surface area contributed by atoms with Crippen LogP contribution < -0.4 is 5.32 Å². The number of carbonyl (C=O) groups excluding carboxylic acids is 1. The molecule has 1 unspecified atom stereocenters. The zero-order valence-electron chi connectivity index (χ0n) is 8.27. The van der Waals surface area contributed by atoms with Crippen LogP contribution in [0.2, 0.25) is 0 Å². The highest BCUT2D eigenvalue weighted by Gasteiger charge is 2.16. The molecule has 1 aromatic heterocycles. The molecule has 1 aliphatic rings. The molecule has 2 heterocycles. The van der Waals surface area contributed by atoms with Gasteiger partial charge in [-0.05, 0) is 12.1 Å². The molecular weight excluding hydrogens is 198 g/mol. The zero-order valence-corrected chi connectivity index (χ0v) is 8.27. The minimum atomic E-state index is -0.228. The van der Waals surface area contributed by atoms with Gasteiger partial charge < -0.3 is 19.2 Å². The van der Waals surface area contributed by atoms with Crippen molar-refractivity contribution in [3.8, 4) is 0 Å². The summed E-state index contributed by atoms with van der Waals surface area (Å²) in [7, 11) is 0. The first kappa shape index (κ1) is 10.2. The largest absolute Gasteiger partial charge is 0.459 e. The van der Waals surface area contributed by atoms with Crippen LogP contribution in [0.1, 0.15) is 10.6 Å². The summed E-state index contributed by atoms with van der Waals surface area (Å²) in [6.45, 7) is 2.18. The third kappa shape index (κ3) is 2.81. The molecule has 0 spiro atoms. The van der Waals surface area contributed by atoms with Gasteiger partial charge in [0.2, 0.25) is 0 Å². The summed E-state index contributed by atoms with van der Waals surface area (Å²) in [6.07, 6.45) is 1.41. The number of hydrogen-bond acceptors (Lipinski definition) is 4. The number of rotatable bonds is 3. The standard InChI is InChI=1S/C10H13NO4/c12-10(9-2-1-3-15-9)11-6-8-7-13-4-5-14-8/h1-3,8H,4-7H2,(H,11,12). The van der Waals surface area contributed by atoms with Gasteiger partial charge in [-0.15, -0.1) is 0 Å². The van der Waals surface area contributed by atoms with Crippen molar-refractivity contribution in [1.82, 2.24) is 5.32 Å². The van der Waals surface area contributed by atoms with Crippen molar-refractivity contribution in [2.45, 2.75) is 6.10 Å². The van der Waals surface area contributed by atoms with E-state index in [-0.39, 0.29) is 12.0 Å². The summed E-state index contributed by atoms with van der Waals surface area (Å²) in [5.74, 6) is 0.0842. The quantitative estimate of drug-likeness (QED) is 0.787. The summed E-state index contributed by atoms with van der Waals surface area (Å²) < 4.78 is 15.5. The lowest BCUT2D eigenvalue weighted by atomic mass is 10.3. The molecule has 1 aliphatic heterocycles. The maximum atomic E-state index is 11.4. The van der Waals surface area contributed by atoms with Crippen LogP contribution in [-0.4, -0.2) is 38.4 Å². The van der Waals surface area contributed by atoms with Gasteiger partial charge in [-0.25, -0.2) is 0 Å². The lowest BCUT2D eigenvalue weighted by Crippen LogP contribution is -2.39. The van der Waals surface area contributed by atoms with E-state index in [1.807, 2.05) is 0 Å². The van der Waals surface area contributed by atoms with Crippen molar-refractivity contribution in [2.75, 3.05) is 26.4 Å². The highest BCUT2D eigenvalue weighted by molar-refractivity contribution is 5.91. The van der Waals surface area contributed by atoms with Crippen LogP contribution in [0.15, 0.2) is 22.8 Å². The van der Waals surface area contributed by atoms with Crippen LogP contribution in [-0.2, 0) is 9.47 Å². The van der Waals surface area contributed by atoms with Gasteiger partial charge in [0.05, 0.1) is 32.2 Å². The van der Waals surface area contributed by atoms with Gasteiger partial charge in [-0.3, -0.25) is 4.79 Å². The van der Waals surface area contributed by atoms with Gasteiger partial charge in [0.1, 0.15) is 0 Å². The zero-order chi connectivity index (χ0) is 10.5. The first-order valence-corrected chi connectivity index (χ1v) is 4.87. The summed E-state index contributed by atoms with van der Waals surface area (Å²) in [5, 5.41) is 2.72. The van der Waals surface area contributed by atoms with Crippen LogP contribution in [0.3, 0.4) is 0 Å². The molecule has 0 aromatic carbocycles. The highest BCUT2D eigenvalue weighted by atomic mass is 16.6. The molecule has 2 rings (SSSR count). The Bertz CT molecular complexity index is 303. The fourth-order valence-corrected chi connectivity index (χ4v) is 1.36. The number of hydrogen-bond donors (Lipinski definition) is 1. The number of amides is 1. The molecule has 82 valence electrons. The van der Waals surface area contributed by atoms with Gasteiger partial charge >= 0.3 is 0 Å². The molecule has 1 amide bonds. The van der Waals surface area contributed by atoms with E-state index < -0.39 is 0 Å². The molecule has 1 fully saturated rings. The van der Waals surface area contributed by atoms with E-state index in [1.54, 1.807) is 12.1 Å². The molecule has 1 saturated heterocycles.